The van der Waals surface area contributed by atoms with E-state index in [-0.39, 0.29) is 42.5 Å². The quantitative estimate of drug-likeness (QED) is 0.347. The number of fused-ring (bicyclic) bond motifs is 1. The average molecular weight is 425 g/mol. The number of nitrogens with zero attached hydrogens (tertiary/aromatic N) is 2. The predicted octanol–water partition coefficient (Wildman–Crippen LogP) is 0.548. The number of carboxylic acid groups (broad SMARTS) is 1. The largest absolute Gasteiger partial charge is 0.465 e. The van der Waals surface area contributed by atoms with Crippen molar-refractivity contribution in [2.75, 3.05) is 19.7 Å². The van der Waals surface area contributed by atoms with Gasteiger partial charge in [-0.25, -0.2) is 28.4 Å². The Morgan fingerprint density at radius 1 is 1.38 bits per heavy atom. The van der Waals surface area contributed by atoms with Gasteiger partial charge in [0.1, 0.15) is 5.84 Å². The molecule has 158 valence electrons. The van der Waals surface area contributed by atoms with Gasteiger partial charge in [-0.15, -0.1) is 0 Å². The molecule has 0 atom stereocenters. The topological polar surface area (TPSA) is 177 Å². The monoisotopic (exact) mass is 425 g/mol. The van der Waals surface area contributed by atoms with Gasteiger partial charge in [0.25, 0.3) is 5.91 Å². The lowest BCUT2D eigenvalue weighted by Gasteiger charge is -2.22. The highest BCUT2D eigenvalue weighted by Crippen LogP contribution is 2.29. The Kier molecular flexibility index (Phi) is 7.31. The first-order valence-corrected chi connectivity index (χ1v) is 10.3. The minimum Gasteiger partial charge on any atom is -0.465 e. The van der Waals surface area contributed by atoms with E-state index in [1.54, 1.807) is 6.08 Å². The van der Waals surface area contributed by atoms with Crippen molar-refractivity contribution >= 4 is 39.6 Å². The summed E-state index contributed by atoms with van der Waals surface area (Å²) in [5.41, 5.74) is 6.99. The molecule has 11 nitrogen and oxygen atoms in total. The van der Waals surface area contributed by atoms with Crippen molar-refractivity contribution in [2.24, 2.45) is 15.9 Å². The molecule has 0 aliphatic carbocycles. The van der Waals surface area contributed by atoms with Gasteiger partial charge in [-0.3, -0.25) is 9.63 Å². The Morgan fingerprint density at radius 3 is 2.72 bits per heavy atom. The van der Waals surface area contributed by atoms with E-state index in [4.69, 9.17) is 20.8 Å². The molecular weight excluding hydrogens is 402 g/mol. The molecular formula is C17H23N5O6S. The molecule has 0 saturated heterocycles. The standard InChI is InChI=1S/C17H23N5O6S/c1-2-6-22(28-7-5-20-17(24)25)16(23)12-8-11-3-4-13(29(19,26)27)10-14(11)21-15(18)9-12/h3-4,8,10,20H,2,5-7,9H2,1H3,(H2,18,21)(H,24,25)(H2,19,26,27). The fraction of sp³-hybridized carbons (Fsp3) is 0.353. The van der Waals surface area contributed by atoms with E-state index >= 15 is 0 Å². The highest BCUT2D eigenvalue weighted by Gasteiger charge is 2.23. The number of aliphatic imine (C=N–C) groups is 1. The van der Waals surface area contributed by atoms with Gasteiger partial charge in [0.05, 0.1) is 17.2 Å². The SMILES string of the molecule is CCCN(OCCNC(=O)O)C(=O)C1=Cc2ccc(S(N)(=O)=O)cc2N=C(N)C1. The Hall–Kier alpha value is -2.96. The minimum atomic E-state index is -3.91. The van der Waals surface area contributed by atoms with Crippen LogP contribution in [-0.2, 0) is 19.7 Å². The lowest BCUT2D eigenvalue weighted by molar-refractivity contribution is -0.181. The molecule has 12 heteroatoms. The summed E-state index contributed by atoms with van der Waals surface area (Å²) < 4.78 is 23.1. The van der Waals surface area contributed by atoms with Crippen molar-refractivity contribution < 1.29 is 28.0 Å². The molecule has 1 aliphatic rings. The molecule has 0 spiro atoms. The molecule has 0 radical (unpaired) electrons. The van der Waals surface area contributed by atoms with E-state index in [2.05, 4.69) is 10.3 Å². The number of carbonyl (C=O) groups excluding carboxylic acids is 1. The molecule has 0 fully saturated rings. The summed E-state index contributed by atoms with van der Waals surface area (Å²) in [5.74, 6) is -0.317. The van der Waals surface area contributed by atoms with Crippen LogP contribution in [0, 0.1) is 0 Å². The van der Waals surface area contributed by atoms with Crippen LogP contribution in [0.15, 0.2) is 33.7 Å². The van der Waals surface area contributed by atoms with Crippen molar-refractivity contribution in [1.29, 1.82) is 0 Å². The van der Waals surface area contributed by atoms with Gasteiger partial charge < -0.3 is 16.2 Å². The highest BCUT2D eigenvalue weighted by molar-refractivity contribution is 7.89. The number of rotatable bonds is 8. The maximum Gasteiger partial charge on any atom is 0.404 e. The fourth-order valence-electron chi connectivity index (χ4n) is 2.59. The summed E-state index contributed by atoms with van der Waals surface area (Å²) in [6.45, 7) is 2.14. The number of hydrogen-bond acceptors (Lipinski definition) is 7. The summed E-state index contributed by atoms with van der Waals surface area (Å²) in [6, 6.07) is 4.10. The van der Waals surface area contributed by atoms with Crippen molar-refractivity contribution in [2.45, 2.75) is 24.7 Å². The molecule has 0 aromatic heterocycles. The number of primary sulfonamides is 1. The van der Waals surface area contributed by atoms with Gasteiger partial charge >= 0.3 is 6.09 Å². The van der Waals surface area contributed by atoms with Crippen molar-refractivity contribution in [1.82, 2.24) is 10.4 Å². The van der Waals surface area contributed by atoms with Crippen molar-refractivity contribution in [3.63, 3.8) is 0 Å². The molecule has 1 heterocycles. The van der Waals surface area contributed by atoms with E-state index in [0.29, 0.717) is 17.6 Å². The van der Waals surface area contributed by atoms with Crippen molar-refractivity contribution in [3.8, 4) is 0 Å². The molecule has 29 heavy (non-hydrogen) atoms. The lowest BCUT2D eigenvalue weighted by atomic mass is 10.1. The summed E-state index contributed by atoms with van der Waals surface area (Å²) in [7, 11) is -3.91. The first-order valence-electron chi connectivity index (χ1n) is 8.74. The second-order valence-corrected chi connectivity index (χ2v) is 7.75. The normalized spacial score (nSPS) is 13.6. The number of hydroxylamine groups is 2. The molecule has 0 unspecified atom stereocenters. The Morgan fingerprint density at radius 2 is 2.10 bits per heavy atom. The van der Waals surface area contributed by atoms with Crippen LogP contribution in [0.1, 0.15) is 25.3 Å². The Balaban J connectivity index is 2.27. The summed E-state index contributed by atoms with van der Waals surface area (Å²) in [5, 5.41) is 17.0. The van der Waals surface area contributed by atoms with Crippen LogP contribution in [0.2, 0.25) is 0 Å². The Bertz CT molecular complexity index is 957. The number of carbonyl (C=O) groups is 2. The maximum absolute atomic E-state index is 12.9. The van der Waals surface area contributed by atoms with Crippen LogP contribution in [0.5, 0.6) is 0 Å². The van der Waals surface area contributed by atoms with Crippen molar-refractivity contribution in [3.05, 3.63) is 29.3 Å². The van der Waals surface area contributed by atoms with Gasteiger partial charge in [-0.2, -0.15) is 0 Å². The molecule has 6 N–H and O–H groups in total. The number of hydrogen-bond donors (Lipinski definition) is 4. The third kappa shape index (κ3) is 6.27. The number of benzene rings is 1. The van der Waals surface area contributed by atoms with Crippen LogP contribution in [0.4, 0.5) is 10.5 Å². The van der Waals surface area contributed by atoms with E-state index < -0.39 is 22.0 Å². The molecule has 0 bridgehead atoms. The maximum atomic E-state index is 12.9. The van der Waals surface area contributed by atoms with E-state index in [9.17, 15) is 18.0 Å². The fourth-order valence-corrected chi connectivity index (χ4v) is 3.12. The average Bonchev–Trinajstić information content (AvgIpc) is 2.80. The zero-order chi connectivity index (χ0) is 21.6. The molecule has 1 aromatic carbocycles. The second-order valence-electron chi connectivity index (χ2n) is 6.19. The van der Waals surface area contributed by atoms with Crippen LogP contribution in [-0.4, -0.2) is 56.1 Å². The van der Waals surface area contributed by atoms with E-state index in [1.807, 2.05) is 6.92 Å². The summed E-state index contributed by atoms with van der Waals surface area (Å²) >= 11 is 0. The smallest absolute Gasteiger partial charge is 0.404 e. The summed E-state index contributed by atoms with van der Waals surface area (Å²) in [4.78, 5) is 32.9. The van der Waals surface area contributed by atoms with Gasteiger partial charge in [0, 0.05) is 30.6 Å². The van der Waals surface area contributed by atoms with Gasteiger partial charge in [-0.05, 0) is 24.6 Å². The summed E-state index contributed by atoms with van der Waals surface area (Å²) in [6.07, 6.45) is 1.03. The van der Waals surface area contributed by atoms with Gasteiger partial charge in [-0.1, -0.05) is 13.0 Å². The van der Waals surface area contributed by atoms with E-state index in [0.717, 1.165) is 5.06 Å². The number of amides is 2. The molecule has 2 amide bonds. The number of amidine groups is 1. The minimum absolute atomic E-state index is 0.0185. The zero-order valence-corrected chi connectivity index (χ0v) is 16.6. The number of nitrogens with one attached hydrogen (secondary N) is 1. The van der Waals surface area contributed by atoms with Crippen LogP contribution in [0.3, 0.4) is 0 Å². The third-order valence-electron chi connectivity index (χ3n) is 3.85. The number of nitrogens with two attached hydrogens (primary N) is 2. The van der Waals surface area contributed by atoms with Crippen LogP contribution in [0.25, 0.3) is 6.08 Å². The molecule has 2 rings (SSSR count). The third-order valence-corrected chi connectivity index (χ3v) is 4.76. The van der Waals surface area contributed by atoms with Gasteiger partial charge in [0.15, 0.2) is 0 Å². The second kappa shape index (κ2) is 9.49. The Labute approximate surface area is 168 Å². The first kappa shape index (κ1) is 22.3. The number of sulfonamides is 1. The molecule has 0 saturated carbocycles. The molecule has 1 aromatic rings. The molecule has 1 aliphatic heterocycles. The van der Waals surface area contributed by atoms with Crippen LogP contribution >= 0.6 is 0 Å². The van der Waals surface area contributed by atoms with Crippen LogP contribution < -0.4 is 16.2 Å². The zero-order valence-electron chi connectivity index (χ0n) is 15.8. The lowest BCUT2D eigenvalue weighted by Crippen LogP contribution is -2.36. The first-order chi connectivity index (χ1) is 13.6. The van der Waals surface area contributed by atoms with Gasteiger partial charge in [0.2, 0.25) is 10.0 Å². The van der Waals surface area contributed by atoms with E-state index in [1.165, 1.54) is 18.2 Å². The predicted molar refractivity (Wildman–Crippen MR) is 106 cm³/mol. The highest BCUT2D eigenvalue weighted by atomic mass is 32.2.